The Bertz CT molecular complexity index is 435. The predicted molar refractivity (Wildman–Crippen MR) is 52.1 cm³/mol. The van der Waals surface area contributed by atoms with Crippen molar-refractivity contribution in [2.75, 3.05) is 6.54 Å². The first-order valence-electron chi connectivity index (χ1n) is 4.24. The van der Waals surface area contributed by atoms with Crippen LogP contribution in [0.25, 0.3) is 0 Å². The lowest BCUT2D eigenvalue weighted by molar-refractivity contribution is 0.0958. The first kappa shape index (κ1) is 11.9. The predicted octanol–water partition coefficient (Wildman–Crippen LogP) is 0.441. The highest BCUT2D eigenvalue weighted by atomic mass is 19.2. The van der Waals surface area contributed by atoms with Crippen molar-refractivity contribution in [3.8, 4) is 0 Å². The molecule has 4 N–H and O–H groups in total. The molecule has 0 atom stereocenters. The minimum atomic E-state index is -1.11. The van der Waals surface area contributed by atoms with Crippen LogP contribution >= 0.6 is 0 Å². The normalized spacial score (nSPS) is 11.2. The fourth-order valence-electron chi connectivity index (χ4n) is 0.946. The van der Waals surface area contributed by atoms with E-state index in [9.17, 15) is 13.6 Å². The first-order valence-corrected chi connectivity index (χ1v) is 4.24. The SMILES string of the molecule is N/C(CNC(=O)c1ccc(F)c(F)c1)=N\O. The summed E-state index contributed by atoms with van der Waals surface area (Å²) in [5, 5.41) is 13.1. The molecule has 0 spiro atoms. The molecule has 0 aromatic heterocycles. The van der Waals surface area contributed by atoms with E-state index in [1.807, 2.05) is 0 Å². The van der Waals surface area contributed by atoms with E-state index in [0.29, 0.717) is 0 Å². The molecule has 0 unspecified atom stereocenters. The number of halogens is 2. The molecular formula is C9H9F2N3O2. The van der Waals surface area contributed by atoms with Gasteiger partial charge in [0.25, 0.3) is 5.91 Å². The Kier molecular flexibility index (Phi) is 3.76. The van der Waals surface area contributed by atoms with Gasteiger partial charge >= 0.3 is 0 Å². The van der Waals surface area contributed by atoms with Crippen LogP contribution in [0, 0.1) is 11.6 Å². The molecule has 1 aromatic carbocycles. The van der Waals surface area contributed by atoms with Crippen molar-refractivity contribution in [1.82, 2.24) is 5.32 Å². The van der Waals surface area contributed by atoms with Gasteiger partial charge in [0.05, 0.1) is 6.54 Å². The molecule has 16 heavy (non-hydrogen) atoms. The summed E-state index contributed by atoms with van der Waals surface area (Å²) in [6.07, 6.45) is 0. The number of rotatable bonds is 3. The number of nitrogens with zero attached hydrogens (tertiary/aromatic N) is 1. The Hall–Kier alpha value is -2.18. The molecule has 1 amide bonds. The summed E-state index contributed by atoms with van der Waals surface area (Å²) < 4.78 is 25.3. The van der Waals surface area contributed by atoms with Crippen molar-refractivity contribution >= 4 is 11.7 Å². The van der Waals surface area contributed by atoms with Crippen LogP contribution in [-0.2, 0) is 0 Å². The number of carbonyl (C=O) groups is 1. The average Bonchev–Trinajstić information content (AvgIpc) is 2.29. The number of amides is 1. The number of hydrogen-bond donors (Lipinski definition) is 3. The van der Waals surface area contributed by atoms with Gasteiger partial charge in [0.15, 0.2) is 17.5 Å². The highest BCUT2D eigenvalue weighted by molar-refractivity contribution is 5.96. The summed E-state index contributed by atoms with van der Waals surface area (Å²) in [4.78, 5) is 11.3. The number of carbonyl (C=O) groups excluding carboxylic acids is 1. The second kappa shape index (κ2) is 5.06. The van der Waals surface area contributed by atoms with Crippen LogP contribution in [0.2, 0.25) is 0 Å². The fraction of sp³-hybridized carbons (Fsp3) is 0.111. The van der Waals surface area contributed by atoms with E-state index in [1.54, 1.807) is 0 Å². The van der Waals surface area contributed by atoms with E-state index >= 15 is 0 Å². The summed E-state index contributed by atoms with van der Waals surface area (Å²) in [5.74, 6) is -2.99. The topological polar surface area (TPSA) is 87.7 Å². The van der Waals surface area contributed by atoms with Gasteiger partial charge in [0.2, 0.25) is 0 Å². The minimum absolute atomic E-state index is 0.0513. The van der Waals surface area contributed by atoms with E-state index in [-0.39, 0.29) is 17.9 Å². The van der Waals surface area contributed by atoms with Gasteiger partial charge in [-0.2, -0.15) is 0 Å². The maximum atomic E-state index is 12.8. The number of hydrogen-bond acceptors (Lipinski definition) is 3. The maximum Gasteiger partial charge on any atom is 0.251 e. The quantitative estimate of drug-likeness (QED) is 0.304. The Labute approximate surface area is 89.6 Å². The number of nitrogens with two attached hydrogens (primary N) is 1. The number of benzene rings is 1. The van der Waals surface area contributed by atoms with Crippen LogP contribution in [0.4, 0.5) is 8.78 Å². The summed E-state index contributed by atoms with van der Waals surface area (Å²) in [6.45, 7) is -0.186. The van der Waals surface area contributed by atoms with Crippen LogP contribution in [-0.4, -0.2) is 23.5 Å². The van der Waals surface area contributed by atoms with Gasteiger partial charge in [-0.15, -0.1) is 0 Å². The smallest absolute Gasteiger partial charge is 0.251 e. The average molecular weight is 229 g/mol. The molecule has 0 aliphatic heterocycles. The molecule has 5 nitrogen and oxygen atoms in total. The van der Waals surface area contributed by atoms with Crippen LogP contribution in [0.1, 0.15) is 10.4 Å². The standard InChI is InChI=1S/C9H9F2N3O2/c10-6-2-1-5(3-7(6)11)9(15)13-4-8(12)14-16/h1-3,16H,4H2,(H2,12,14)(H,13,15). The molecule has 0 aliphatic rings. The molecule has 1 aromatic rings. The van der Waals surface area contributed by atoms with Crippen molar-refractivity contribution in [2.24, 2.45) is 10.9 Å². The van der Waals surface area contributed by atoms with E-state index in [0.717, 1.165) is 18.2 Å². The zero-order valence-corrected chi connectivity index (χ0v) is 8.08. The van der Waals surface area contributed by atoms with E-state index in [2.05, 4.69) is 10.5 Å². The summed E-state index contributed by atoms with van der Waals surface area (Å²) >= 11 is 0. The van der Waals surface area contributed by atoms with Crippen molar-refractivity contribution in [1.29, 1.82) is 0 Å². The Balaban J connectivity index is 2.70. The molecule has 86 valence electrons. The maximum absolute atomic E-state index is 12.8. The van der Waals surface area contributed by atoms with Crippen molar-refractivity contribution < 1.29 is 18.8 Å². The third-order valence-corrected chi connectivity index (χ3v) is 1.74. The van der Waals surface area contributed by atoms with Crippen LogP contribution < -0.4 is 11.1 Å². The third kappa shape index (κ3) is 2.91. The van der Waals surface area contributed by atoms with Gasteiger partial charge in [-0.25, -0.2) is 8.78 Å². The lowest BCUT2D eigenvalue weighted by Crippen LogP contribution is -2.33. The Morgan fingerprint density at radius 2 is 2.12 bits per heavy atom. The summed E-state index contributed by atoms with van der Waals surface area (Å²) in [7, 11) is 0. The van der Waals surface area contributed by atoms with Crippen molar-refractivity contribution in [3.05, 3.63) is 35.4 Å². The molecule has 7 heteroatoms. The number of amidine groups is 1. The van der Waals surface area contributed by atoms with Crippen molar-refractivity contribution in [2.45, 2.75) is 0 Å². The van der Waals surface area contributed by atoms with Crippen molar-refractivity contribution in [3.63, 3.8) is 0 Å². The zero-order chi connectivity index (χ0) is 12.1. The van der Waals surface area contributed by atoms with E-state index in [4.69, 9.17) is 10.9 Å². The molecule has 0 radical (unpaired) electrons. The second-order valence-corrected chi connectivity index (χ2v) is 2.90. The van der Waals surface area contributed by atoms with Gasteiger partial charge in [-0.1, -0.05) is 5.16 Å². The molecule has 1 rings (SSSR count). The minimum Gasteiger partial charge on any atom is -0.409 e. The lowest BCUT2D eigenvalue weighted by Gasteiger charge is -2.04. The monoisotopic (exact) mass is 229 g/mol. The molecule has 0 aliphatic carbocycles. The lowest BCUT2D eigenvalue weighted by atomic mass is 10.2. The van der Waals surface area contributed by atoms with Gasteiger partial charge in [0.1, 0.15) is 0 Å². The van der Waals surface area contributed by atoms with Gasteiger partial charge in [-0.3, -0.25) is 4.79 Å². The highest BCUT2D eigenvalue weighted by Crippen LogP contribution is 2.08. The Morgan fingerprint density at radius 1 is 1.44 bits per heavy atom. The van der Waals surface area contributed by atoms with E-state index < -0.39 is 17.5 Å². The third-order valence-electron chi connectivity index (χ3n) is 1.74. The first-order chi connectivity index (χ1) is 7.54. The van der Waals surface area contributed by atoms with Gasteiger partial charge in [-0.05, 0) is 18.2 Å². The Morgan fingerprint density at radius 3 is 2.69 bits per heavy atom. The zero-order valence-electron chi connectivity index (χ0n) is 8.08. The van der Waals surface area contributed by atoms with Crippen LogP contribution in [0.5, 0.6) is 0 Å². The molecule has 0 heterocycles. The molecule has 0 fully saturated rings. The van der Waals surface area contributed by atoms with E-state index in [1.165, 1.54) is 0 Å². The second-order valence-electron chi connectivity index (χ2n) is 2.90. The molecule has 0 saturated carbocycles. The molecular weight excluding hydrogens is 220 g/mol. The fourth-order valence-corrected chi connectivity index (χ4v) is 0.946. The van der Waals surface area contributed by atoms with Gasteiger partial charge < -0.3 is 16.3 Å². The summed E-state index contributed by atoms with van der Waals surface area (Å²) in [5.41, 5.74) is 5.05. The van der Waals surface area contributed by atoms with Gasteiger partial charge in [0, 0.05) is 5.56 Å². The highest BCUT2D eigenvalue weighted by Gasteiger charge is 2.09. The largest absolute Gasteiger partial charge is 0.409 e. The summed E-state index contributed by atoms with van der Waals surface area (Å²) in [6, 6.07) is 2.73. The van der Waals surface area contributed by atoms with Crippen LogP contribution in [0.3, 0.4) is 0 Å². The number of oxime groups is 1. The number of nitrogens with one attached hydrogen (secondary N) is 1. The molecule has 0 saturated heterocycles. The molecule has 0 bridgehead atoms. The van der Waals surface area contributed by atoms with Crippen LogP contribution in [0.15, 0.2) is 23.4 Å².